The number of rotatable bonds is 5. The van der Waals surface area contributed by atoms with Crippen molar-refractivity contribution in [3.63, 3.8) is 0 Å². The van der Waals surface area contributed by atoms with Crippen molar-refractivity contribution in [2.45, 2.75) is 18.2 Å². The molecule has 2 aromatic carbocycles. The van der Waals surface area contributed by atoms with Crippen LogP contribution in [0.4, 0.5) is 5.13 Å². The first-order valence-corrected chi connectivity index (χ1v) is 11.1. The molecular weight excluding hydrogens is 374 g/mol. The van der Waals surface area contributed by atoms with Crippen molar-refractivity contribution >= 4 is 44.4 Å². The molecular formula is C21H23N3OS2. The lowest BCUT2D eigenvalue weighted by Gasteiger charge is -2.34. The molecule has 1 amide bonds. The topological polar surface area (TPSA) is 36.4 Å². The molecule has 0 saturated carbocycles. The van der Waals surface area contributed by atoms with Crippen LogP contribution < -0.4 is 4.90 Å². The number of carbonyl (C=O) groups excluding carboxylic acids is 1. The highest BCUT2D eigenvalue weighted by atomic mass is 32.2. The van der Waals surface area contributed by atoms with Crippen LogP contribution in [-0.2, 0) is 4.79 Å². The molecule has 1 aromatic heterocycles. The van der Waals surface area contributed by atoms with Gasteiger partial charge in [0.15, 0.2) is 5.13 Å². The second-order valence-corrected chi connectivity index (χ2v) is 8.92. The number of hydrogen-bond acceptors (Lipinski definition) is 5. The fraction of sp³-hybridized carbons (Fsp3) is 0.333. The highest BCUT2D eigenvalue weighted by Gasteiger charge is 2.22. The van der Waals surface area contributed by atoms with E-state index < -0.39 is 0 Å². The van der Waals surface area contributed by atoms with Crippen LogP contribution in [0.15, 0.2) is 53.4 Å². The summed E-state index contributed by atoms with van der Waals surface area (Å²) in [6.45, 7) is 5.39. The normalized spacial score (nSPS) is 14.7. The summed E-state index contributed by atoms with van der Waals surface area (Å²) < 4.78 is 1.24. The van der Waals surface area contributed by atoms with Crippen molar-refractivity contribution < 1.29 is 4.79 Å². The number of hydrogen-bond donors (Lipinski definition) is 0. The molecule has 4 rings (SSSR count). The van der Waals surface area contributed by atoms with E-state index in [9.17, 15) is 4.79 Å². The molecule has 1 aliphatic heterocycles. The lowest BCUT2D eigenvalue weighted by atomic mass is 10.2. The molecule has 0 radical (unpaired) electrons. The monoisotopic (exact) mass is 397 g/mol. The third-order valence-electron chi connectivity index (χ3n) is 4.76. The van der Waals surface area contributed by atoms with Gasteiger partial charge in [-0.25, -0.2) is 4.98 Å². The molecule has 6 heteroatoms. The Hall–Kier alpha value is -2.05. The molecule has 4 nitrogen and oxygen atoms in total. The summed E-state index contributed by atoms with van der Waals surface area (Å²) >= 11 is 3.49. The second kappa shape index (κ2) is 8.31. The Bertz CT molecular complexity index is 918. The first-order chi connectivity index (χ1) is 13.2. The SMILES string of the molecule is Cc1ccc2nc(N3CCN(C(=O)CCSc4ccccc4)CC3)sc2c1. The van der Waals surface area contributed by atoms with Crippen molar-refractivity contribution in [3.05, 3.63) is 54.1 Å². The van der Waals surface area contributed by atoms with Gasteiger partial charge in [0.05, 0.1) is 10.2 Å². The Kier molecular flexibility index (Phi) is 5.64. The molecule has 1 aliphatic rings. The zero-order chi connectivity index (χ0) is 18.6. The minimum absolute atomic E-state index is 0.262. The van der Waals surface area contributed by atoms with Crippen molar-refractivity contribution in [1.82, 2.24) is 9.88 Å². The zero-order valence-corrected chi connectivity index (χ0v) is 17.1. The molecule has 0 unspecified atom stereocenters. The van der Waals surface area contributed by atoms with Crippen LogP contribution >= 0.6 is 23.1 Å². The largest absolute Gasteiger partial charge is 0.345 e. The highest BCUT2D eigenvalue weighted by molar-refractivity contribution is 7.99. The van der Waals surface area contributed by atoms with Gasteiger partial charge in [0.25, 0.3) is 0 Å². The average Bonchev–Trinajstić information content (AvgIpc) is 3.12. The number of benzene rings is 2. The molecule has 0 N–H and O–H groups in total. The molecule has 27 heavy (non-hydrogen) atoms. The van der Waals surface area contributed by atoms with E-state index in [4.69, 9.17) is 4.98 Å². The molecule has 0 bridgehead atoms. The van der Waals surface area contributed by atoms with E-state index in [0.717, 1.165) is 42.6 Å². The van der Waals surface area contributed by atoms with Crippen LogP contribution in [0.25, 0.3) is 10.2 Å². The summed E-state index contributed by atoms with van der Waals surface area (Å²) in [6, 6.07) is 16.7. The standard InChI is InChI=1S/C21H23N3OS2/c1-16-7-8-18-19(15-16)27-21(22-18)24-12-10-23(11-13-24)20(25)9-14-26-17-5-3-2-4-6-17/h2-8,15H,9-14H2,1H3. The Labute approximate surface area is 168 Å². The van der Waals surface area contributed by atoms with Crippen LogP contribution in [0.1, 0.15) is 12.0 Å². The molecule has 1 fully saturated rings. The van der Waals surface area contributed by atoms with E-state index in [-0.39, 0.29) is 5.91 Å². The van der Waals surface area contributed by atoms with Crippen LogP contribution in [0.2, 0.25) is 0 Å². The van der Waals surface area contributed by atoms with Gasteiger partial charge in [-0.05, 0) is 36.8 Å². The molecule has 3 aromatic rings. The van der Waals surface area contributed by atoms with Crippen LogP contribution in [0.3, 0.4) is 0 Å². The number of nitrogens with zero attached hydrogens (tertiary/aromatic N) is 3. The van der Waals surface area contributed by atoms with Crippen LogP contribution in [0.5, 0.6) is 0 Å². The van der Waals surface area contributed by atoms with Crippen LogP contribution in [-0.4, -0.2) is 47.7 Å². The van der Waals surface area contributed by atoms with Gasteiger partial charge in [-0.1, -0.05) is 35.6 Å². The summed E-state index contributed by atoms with van der Waals surface area (Å²) in [7, 11) is 0. The van der Waals surface area contributed by atoms with Crippen molar-refractivity contribution in [2.75, 3.05) is 36.8 Å². The minimum Gasteiger partial charge on any atom is -0.345 e. The first-order valence-electron chi connectivity index (χ1n) is 9.27. The maximum atomic E-state index is 12.5. The maximum Gasteiger partial charge on any atom is 0.223 e. The quantitative estimate of drug-likeness (QED) is 0.597. The van der Waals surface area contributed by atoms with Crippen molar-refractivity contribution in [3.8, 4) is 0 Å². The number of thiazole rings is 1. The summed E-state index contributed by atoms with van der Waals surface area (Å²) in [5.74, 6) is 1.10. The summed E-state index contributed by atoms with van der Waals surface area (Å²) in [6.07, 6.45) is 0.597. The van der Waals surface area contributed by atoms with E-state index in [0.29, 0.717) is 6.42 Å². The van der Waals surface area contributed by atoms with E-state index in [1.807, 2.05) is 23.1 Å². The Morgan fingerprint density at radius 2 is 1.89 bits per heavy atom. The first kappa shape index (κ1) is 18.3. The van der Waals surface area contributed by atoms with Gasteiger partial charge in [0, 0.05) is 43.2 Å². The number of amides is 1. The number of fused-ring (bicyclic) bond motifs is 1. The van der Waals surface area contributed by atoms with Gasteiger partial charge in [0.1, 0.15) is 0 Å². The van der Waals surface area contributed by atoms with Gasteiger partial charge in [-0.15, -0.1) is 11.8 Å². The fourth-order valence-electron chi connectivity index (χ4n) is 3.23. The summed E-state index contributed by atoms with van der Waals surface area (Å²) in [5, 5.41) is 1.07. The highest BCUT2D eigenvalue weighted by Crippen LogP contribution is 2.30. The summed E-state index contributed by atoms with van der Waals surface area (Å²) in [5.41, 5.74) is 2.33. The third-order valence-corrected chi connectivity index (χ3v) is 6.86. The Morgan fingerprint density at radius 3 is 2.67 bits per heavy atom. The number of carbonyl (C=O) groups is 1. The Morgan fingerprint density at radius 1 is 1.11 bits per heavy atom. The lowest BCUT2D eigenvalue weighted by molar-refractivity contribution is -0.131. The molecule has 140 valence electrons. The predicted molar refractivity (Wildman–Crippen MR) is 115 cm³/mol. The fourth-order valence-corrected chi connectivity index (χ4v) is 5.21. The molecule has 0 atom stereocenters. The molecule has 2 heterocycles. The van der Waals surface area contributed by atoms with Gasteiger partial charge in [-0.3, -0.25) is 4.79 Å². The van der Waals surface area contributed by atoms with Crippen molar-refractivity contribution in [1.29, 1.82) is 0 Å². The summed E-state index contributed by atoms with van der Waals surface area (Å²) in [4.78, 5) is 22.8. The van der Waals surface area contributed by atoms with Gasteiger partial charge in [0.2, 0.25) is 5.91 Å². The van der Waals surface area contributed by atoms with Gasteiger partial charge in [-0.2, -0.15) is 0 Å². The van der Waals surface area contributed by atoms with E-state index >= 15 is 0 Å². The average molecular weight is 398 g/mol. The minimum atomic E-state index is 0.262. The number of aryl methyl sites for hydroxylation is 1. The number of anilines is 1. The predicted octanol–water partition coefficient (Wildman–Crippen LogP) is 4.44. The Balaban J connectivity index is 1.28. The van der Waals surface area contributed by atoms with Gasteiger partial charge >= 0.3 is 0 Å². The second-order valence-electron chi connectivity index (χ2n) is 6.75. The van der Waals surface area contributed by atoms with E-state index in [1.54, 1.807) is 23.1 Å². The number of aromatic nitrogens is 1. The van der Waals surface area contributed by atoms with E-state index in [2.05, 4.69) is 42.2 Å². The molecule has 1 saturated heterocycles. The maximum absolute atomic E-state index is 12.5. The number of piperazine rings is 1. The molecule has 0 aliphatic carbocycles. The van der Waals surface area contributed by atoms with Crippen LogP contribution in [0, 0.1) is 6.92 Å². The van der Waals surface area contributed by atoms with Crippen molar-refractivity contribution in [2.24, 2.45) is 0 Å². The van der Waals surface area contributed by atoms with E-state index in [1.165, 1.54) is 15.2 Å². The third kappa shape index (κ3) is 4.45. The van der Waals surface area contributed by atoms with Gasteiger partial charge < -0.3 is 9.80 Å². The lowest BCUT2D eigenvalue weighted by Crippen LogP contribution is -2.48. The number of thioether (sulfide) groups is 1. The zero-order valence-electron chi connectivity index (χ0n) is 15.4. The molecule has 0 spiro atoms. The smallest absolute Gasteiger partial charge is 0.223 e.